The van der Waals surface area contributed by atoms with E-state index in [0.29, 0.717) is 5.54 Å². The summed E-state index contributed by atoms with van der Waals surface area (Å²) in [5.74, 6) is 2.64. The standard InChI is InChI=1S/C11H23N/c1-6-10-8(3)9(4)11(10,7-2)12-5/h8-10,12H,6-7H2,1-5H3. The molecule has 1 aliphatic rings. The minimum atomic E-state index is 0.453. The van der Waals surface area contributed by atoms with Crippen molar-refractivity contribution in [3.05, 3.63) is 0 Å². The zero-order valence-corrected chi connectivity index (χ0v) is 9.15. The molecule has 0 spiro atoms. The summed E-state index contributed by atoms with van der Waals surface area (Å²) in [7, 11) is 2.12. The van der Waals surface area contributed by atoms with E-state index in [0.717, 1.165) is 17.8 Å². The Bertz CT molecular complexity index is 149. The van der Waals surface area contributed by atoms with E-state index < -0.39 is 0 Å². The van der Waals surface area contributed by atoms with Crippen molar-refractivity contribution in [3.63, 3.8) is 0 Å². The highest BCUT2D eigenvalue weighted by molar-refractivity contribution is 5.09. The molecule has 1 heteroatoms. The topological polar surface area (TPSA) is 12.0 Å². The van der Waals surface area contributed by atoms with Gasteiger partial charge in [0.25, 0.3) is 0 Å². The molecule has 12 heavy (non-hydrogen) atoms. The number of nitrogens with one attached hydrogen (secondary N) is 1. The SMILES string of the molecule is CCC1C(C)C(C)C1(CC)NC. The van der Waals surface area contributed by atoms with Crippen LogP contribution in [0.3, 0.4) is 0 Å². The van der Waals surface area contributed by atoms with E-state index in [9.17, 15) is 0 Å². The van der Waals surface area contributed by atoms with Crippen LogP contribution >= 0.6 is 0 Å². The van der Waals surface area contributed by atoms with Crippen LogP contribution in [-0.4, -0.2) is 12.6 Å². The lowest BCUT2D eigenvalue weighted by Gasteiger charge is -2.60. The largest absolute Gasteiger partial charge is 0.314 e. The lowest BCUT2D eigenvalue weighted by molar-refractivity contribution is -0.0570. The normalized spacial score (nSPS) is 47.2. The van der Waals surface area contributed by atoms with Crippen molar-refractivity contribution < 1.29 is 0 Å². The highest BCUT2D eigenvalue weighted by Crippen LogP contribution is 2.52. The maximum absolute atomic E-state index is 3.55. The van der Waals surface area contributed by atoms with E-state index in [1.807, 2.05) is 0 Å². The minimum absolute atomic E-state index is 0.453. The van der Waals surface area contributed by atoms with Crippen molar-refractivity contribution in [2.75, 3.05) is 7.05 Å². The van der Waals surface area contributed by atoms with Crippen LogP contribution in [0.2, 0.25) is 0 Å². The molecule has 0 heterocycles. The molecule has 0 aromatic heterocycles. The summed E-state index contributed by atoms with van der Waals surface area (Å²) in [4.78, 5) is 0. The van der Waals surface area contributed by atoms with Gasteiger partial charge in [-0.3, -0.25) is 0 Å². The van der Waals surface area contributed by atoms with Gasteiger partial charge in [0.15, 0.2) is 0 Å². The smallest absolute Gasteiger partial charge is 0.0234 e. The van der Waals surface area contributed by atoms with Crippen LogP contribution in [-0.2, 0) is 0 Å². The van der Waals surface area contributed by atoms with Crippen molar-refractivity contribution in [2.24, 2.45) is 17.8 Å². The van der Waals surface area contributed by atoms with Crippen molar-refractivity contribution in [1.82, 2.24) is 5.32 Å². The predicted molar refractivity (Wildman–Crippen MR) is 54.2 cm³/mol. The van der Waals surface area contributed by atoms with Crippen LogP contribution in [0.25, 0.3) is 0 Å². The Morgan fingerprint density at radius 1 is 1.25 bits per heavy atom. The molecule has 0 bridgehead atoms. The summed E-state index contributed by atoms with van der Waals surface area (Å²) in [6, 6.07) is 0. The first-order valence-electron chi connectivity index (χ1n) is 5.32. The molecule has 0 saturated heterocycles. The van der Waals surface area contributed by atoms with Gasteiger partial charge in [-0.15, -0.1) is 0 Å². The Hall–Kier alpha value is -0.0400. The van der Waals surface area contributed by atoms with Gasteiger partial charge in [0.05, 0.1) is 0 Å². The fraction of sp³-hybridized carbons (Fsp3) is 1.00. The molecule has 1 nitrogen and oxygen atoms in total. The van der Waals surface area contributed by atoms with Crippen LogP contribution in [0.5, 0.6) is 0 Å². The third-order valence-corrected chi connectivity index (χ3v) is 4.39. The molecule has 0 aromatic rings. The Morgan fingerprint density at radius 2 is 1.83 bits per heavy atom. The van der Waals surface area contributed by atoms with Gasteiger partial charge in [-0.25, -0.2) is 0 Å². The van der Waals surface area contributed by atoms with Gasteiger partial charge in [-0.1, -0.05) is 34.1 Å². The second-order valence-electron chi connectivity index (χ2n) is 4.31. The Balaban J connectivity index is 2.74. The summed E-state index contributed by atoms with van der Waals surface area (Å²) in [5.41, 5.74) is 0.453. The quantitative estimate of drug-likeness (QED) is 0.685. The third-order valence-electron chi connectivity index (χ3n) is 4.39. The number of hydrogen-bond donors (Lipinski definition) is 1. The van der Waals surface area contributed by atoms with Gasteiger partial charge in [-0.2, -0.15) is 0 Å². The average molecular weight is 169 g/mol. The highest BCUT2D eigenvalue weighted by atomic mass is 15.0. The van der Waals surface area contributed by atoms with Gasteiger partial charge in [0.2, 0.25) is 0 Å². The molecule has 1 N–H and O–H groups in total. The molecule has 72 valence electrons. The van der Waals surface area contributed by atoms with E-state index in [1.165, 1.54) is 12.8 Å². The third kappa shape index (κ3) is 1.02. The summed E-state index contributed by atoms with van der Waals surface area (Å²) < 4.78 is 0. The summed E-state index contributed by atoms with van der Waals surface area (Å²) >= 11 is 0. The minimum Gasteiger partial charge on any atom is -0.314 e. The van der Waals surface area contributed by atoms with Crippen molar-refractivity contribution >= 4 is 0 Å². The first-order valence-corrected chi connectivity index (χ1v) is 5.32. The van der Waals surface area contributed by atoms with Crippen molar-refractivity contribution in [1.29, 1.82) is 0 Å². The molecule has 4 atom stereocenters. The molecule has 0 aliphatic heterocycles. The van der Waals surface area contributed by atoms with Gasteiger partial charge >= 0.3 is 0 Å². The zero-order valence-electron chi connectivity index (χ0n) is 9.15. The maximum atomic E-state index is 3.55. The summed E-state index contributed by atoms with van der Waals surface area (Å²) in [6.07, 6.45) is 2.59. The first kappa shape index (κ1) is 10.0. The lowest BCUT2D eigenvalue weighted by atomic mass is 9.51. The van der Waals surface area contributed by atoms with Crippen molar-refractivity contribution in [3.8, 4) is 0 Å². The van der Waals surface area contributed by atoms with E-state index in [-0.39, 0.29) is 0 Å². The van der Waals surface area contributed by atoms with Crippen LogP contribution in [0.1, 0.15) is 40.5 Å². The fourth-order valence-electron chi connectivity index (χ4n) is 3.42. The van der Waals surface area contributed by atoms with E-state index in [2.05, 4.69) is 40.1 Å². The predicted octanol–water partition coefficient (Wildman–Crippen LogP) is 2.67. The molecular weight excluding hydrogens is 146 g/mol. The van der Waals surface area contributed by atoms with E-state index >= 15 is 0 Å². The number of rotatable bonds is 3. The molecule has 1 rings (SSSR count). The molecule has 0 aromatic carbocycles. The number of hydrogen-bond acceptors (Lipinski definition) is 1. The Kier molecular flexibility index (Phi) is 2.82. The fourth-order valence-corrected chi connectivity index (χ4v) is 3.42. The van der Waals surface area contributed by atoms with Crippen molar-refractivity contribution in [2.45, 2.75) is 46.1 Å². The summed E-state index contributed by atoms with van der Waals surface area (Å²) in [6.45, 7) is 9.40. The second-order valence-corrected chi connectivity index (χ2v) is 4.31. The van der Waals surface area contributed by atoms with Crippen LogP contribution in [0.15, 0.2) is 0 Å². The maximum Gasteiger partial charge on any atom is 0.0234 e. The van der Waals surface area contributed by atoms with Gasteiger partial charge in [0.1, 0.15) is 0 Å². The highest BCUT2D eigenvalue weighted by Gasteiger charge is 2.54. The van der Waals surface area contributed by atoms with Crippen LogP contribution in [0, 0.1) is 17.8 Å². The molecule has 1 aliphatic carbocycles. The zero-order chi connectivity index (χ0) is 9.35. The van der Waals surface area contributed by atoms with E-state index in [1.54, 1.807) is 0 Å². The molecule has 1 saturated carbocycles. The first-order chi connectivity index (χ1) is 5.64. The second kappa shape index (κ2) is 3.37. The van der Waals surface area contributed by atoms with Crippen LogP contribution < -0.4 is 5.32 Å². The Morgan fingerprint density at radius 3 is 2.08 bits per heavy atom. The van der Waals surface area contributed by atoms with Gasteiger partial charge < -0.3 is 5.32 Å². The Labute approximate surface area is 76.9 Å². The van der Waals surface area contributed by atoms with Gasteiger partial charge in [0, 0.05) is 5.54 Å². The lowest BCUT2D eigenvalue weighted by Crippen LogP contribution is -2.66. The molecule has 4 unspecified atom stereocenters. The van der Waals surface area contributed by atoms with E-state index in [4.69, 9.17) is 0 Å². The molecule has 1 fully saturated rings. The average Bonchev–Trinajstić information content (AvgIpc) is 2.12. The van der Waals surface area contributed by atoms with Gasteiger partial charge in [-0.05, 0) is 31.2 Å². The molecular formula is C11H23N. The van der Waals surface area contributed by atoms with Crippen LogP contribution in [0.4, 0.5) is 0 Å². The monoisotopic (exact) mass is 169 g/mol. The molecule has 0 amide bonds. The molecule has 0 radical (unpaired) electrons. The summed E-state index contributed by atoms with van der Waals surface area (Å²) in [5, 5.41) is 3.55.